The molecule has 0 spiro atoms. The number of benzene rings is 1. The molecular weight excluding hydrogens is 224 g/mol. The summed E-state index contributed by atoms with van der Waals surface area (Å²) in [6.07, 6.45) is 0.662. The number of nitrogens with two attached hydrogens (primary N) is 1. The highest BCUT2D eigenvalue weighted by Gasteiger charge is 2.17. The summed E-state index contributed by atoms with van der Waals surface area (Å²) >= 11 is 0. The number of halogens is 1. The Kier molecular flexibility index (Phi) is 6.08. The van der Waals surface area contributed by atoms with Gasteiger partial charge in [-0.15, -0.1) is 12.4 Å². The highest BCUT2D eigenvalue weighted by Crippen LogP contribution is 2.15. The molecule has 1 aromatic carbocycles. The van der Waals surface area contributed by atoms with E-state index in [4.69, 9.17) is 5.73 Å². The molecule has 1 amide bonds. The molecule has 2 N–H and O–H groups in total. The van der Waals surface area contributed by atoms with Crippen LogP contribution in [-0.2, 0) is 4.79 Å². The Bertz CT molecular complexity index is 355. The quantitative estimate of drug-likeness (QED) is 0.883. The second-order valence-corrected chi connectivity index (χ2v) is 3.75. The maximum absolute atomic E-state index is 11.8. The fourth-order valence-electron chi connectivity index (χ4n) is 1.39. The molecule has 3 nitrogen and oxygen atoms in total. The summed E-state index contributed by atoms with van der Waals surface area (Å²) in [6.45, 7) is 3.91. The zero-order valence-corrected chi connectivity index (χ0v) is 10.8. The standard InChI is InChI=1S/C12H18N2O.ClH/c1-4-11(13)12(15)14(3)10-7-5-6-9(2)8-10;/h5-8,11H,4,13H2,1-3H3;1H/t11-;/m0./s1. The van der Waals surface area contributed by atoms with Crippen molar-refractivity contribution >= 4 is 24.0 Å². The van der Waals surface area contributed by atoms with Crippen molar-refractivity contribution in [1.82, 2.24) is 0 Å². The second-order valence-electron chi connectivity index (χ2n) is 3.75. The van der Waals surface area contributed by atoms with Gasteiger partial charge in [0.25, 0.3) is 0 Å². The van der Waals surface area contributed by atoms with Gasteiger partial charge >= 0.3 is 0 Å². The largest absolute Gasteiger partial charge is 0.320 e. The normalized spacial score (nSPS) is 11.5. The summed E-state index contributed by atoms with van der Waals surface area (Å²) < 4.78 is 0. The summed E-state index contributed by atoms with van der Waals surface area (Å²) in [6, 6.07) is 7.41. The molecule has 0 aromatic heterocycles. The van der Waals surface area contributed by atoms with Crippen molar-refractivity contribution in [2.75, 3.05) is 11.9 Å². The minimum absolute atomic E-state index is 0. The fraction of sp³-hybridized carbons (Fsp3) is 0.417. The Morgan fingerprint density at radius 2 is 2.12 bits per heavy atom. The van der Waals surface area contributed by atoms with Gasteiger partial charge in [0.1, 0.15) is 0 Å². The van der Waals surface area contributed by atoms with Crippen LogP contribution >= 0.6 is 12.4 Å². The number of nitrogens with zero attached hydrogens (tertiary/aromatic N) is 1. The van der Waals surface area contributed by atoms with Gasteiger partial charge in [0.15, 0.2) is 0 Å². The molecule has 0 bridgehead atoms. The molecule has 1 aromatic rings. The third-order valence-electron chi connectivity index (χ3n) is 2.48. The van der Waals surface area contributed by atoms with Crippen LogP contribution in [0.1, 0.15) is 18.9 Å². The summed E-state index contributed by atoms with van der Waals surface area (Å²) in [4.78, 5) is 13.4. The smallest absolute Gasteiger partial charge is 0.243 e. The average molecular weight is 243 g/mol. The van der Waals surface area contributed by atoms with Crippen LogP contribution in [0.4, 0.5) is 5.69 Å². The number of hydrogen-bond acceptors (Lipinski definition) is 2. The molecule has 0 radical (unpaired) electrons. The van der Waals surface area contributed by atoms with E-state index < -0.39 is 6.04 Å². The van der Waals surface area contributed by atoms with E-state index in [1.54, 1.807) is 11.9 Å². The first-order chi connectivity index (χ1) is 7.06. The number of carbonyl (C=O) groups excluding carboxylic acids is 1. The van der Waals surface area contributed by atoms with Crippen LogP contribution in [0.25, 0.3) is 0 Å². The van der Waals surface area contributed by atoms with E-state index in [0.29, 0.717) is 6.42 Å². The van der Waals surface area contributed by atoms with Crippen LogP contribution in [0.15, 0.2) is 24.3 Å². The number of hydrogen-bond donors (Lipinski definition) is 1. The van der Waals surface area contributed by atoms with Gasteiger partial charge in [-0.1, -0.05) is 19.1 Å². The molecule has 0 unspecified atom stereocenters. The van der Waals surface area contributed by atoms with Crippen molar-refractivity contribution in [1.29, 1.82) is 0 Å². The molecule has 16 heavy (non-hydrogen) atoms. The molecule has 1 rings (SSSR count). The van der Waals surface area contributed by atoms with Crippen molar-refractivity contribution in [2.24, 2.45) is 5.73 Å². The van der Waals surface area contributed by atoms with Crippen LogP contribution in [0.2, 0.25) is 0 Å². The van der Waals surface area contributed by atoms with Crippen molar-refractivity contribution in [3.8, 4) is 0 Å². The Hall–Kier alpha value is -1.06. The van der Waals surface area contributed by atoms with E-state index in [1.807, 2.05) is 38.1 Å². The minimum Gasteiger partial charge on any atom is -0.320 e. The maximum Gasteiger partial charge on any atom is 0.243 e. The van der Waals surface area contributed by atoms with Crippen LogP contribution in [0.3, 0.4) is 0 Å². The summed E-state index contributed by atoms with van der Waals surface area (Å²) in [5.74, 6) is -0.0388. The molecule has 0 aliphatic heterocycles. The molecule has 0 heterocycles. The highest BCUT2D eigenvalue weighted by atomic mass is 35.5. The van der Waals surface area contributed by atoms with Crippen molar-refractivity contribution < 1.29 is 4.79 Å². The van der Waals surface area contributed by atoms with Crippen LogP contribution in [-0.4, -0.2) is 19.0 Å². The molecule has 0 saturated heterocycles. The summed E-state index contributed by atoms with van der Waals surface area (Å²) in [7, 11) is 1.76. The molecule has 1 atom stereocenters. The van der Waals surface area contributed by atoms with E-state index in [1.165, 1.54) is 0 Å². The molecular formula is C12H19ClN2O. The predicted octanol–water partition coefficient (Wildman–Crippen LogP) is 2.12. The average Bonchev–Trinajstić information content (AvgIpc) is 2.26. The monoisotopic (exact) mass is 242 g/mol. The Labute approximate surface area is 103 Å². The molecule has 4 heteroatoms. The summed E-state index contributed by atoms with van der Waals surface area (Å²) in [5.41, 5.74) is 7.73. The molecule has 0 saturated carbocycles. The van der Waals surface area contributed by atoms with Crippen molar-refractivity contribution in [3.05, 3.63) is 29.8 Å². The van der Waals surface area contributed by atoms with Gasteiger partial charge in [0, 0.05) is 12.7 Å². The third-order valence-corrected chi connectivity index (χ3v) is 2.48. The Balaban J connectivity index is 0.00000225. The third kappa shape index (κ3) is 3.51. The van der Waals surface area contributed by atoms with Gasteiger partial charge in [-0.05, 0) is 31.0 Å². The summed E-state index contributed by atoms with van der Waals surface area (Å²) in [5, 5.41) is 0. The van der Waals surface area contributed by atoms with E-state index in [-0.39, 0.29) is 18.3 Å². The number of likely N-dealkylation sites (N-methyl/N-ethyl adjacent to an activating group) is 1. The van der Waals surface area contributed by atoms with E-state index >= 15 is 0 Å². The lowest BCUT2D eigenvalue weighted by atomic mass is 10.1. The van der Waals surface area contributed by atoms with Gasteiger partial charge in [0.2, 0.25) is 5.91 Å². The molecule has 0 aliphatic rings. The highest BCUT2D eigenvalue weighted by molar-refractivity contribution is 5.96. The van der Waals surface area contributed by atoms with Gasteiger partial charge < -0.3 is 10.6 Å². The molecule has 0 fully saturated rings. The maximum atomic E-state index is 11.8. The van der Waals surface area contributed by atoms with Crippen LogP contribution in [0, 0.1) is 6.92 Å². The van der Waals surface area contributed by atoms with Gasteiger partial charge in [-0.25, -0.2) is 0 Å². The van der Waals surface area contributed by atoms with E-state index in [2.05, 4.69) is 0 Å². The minimum atomic E-state index is -0.407. The Morgan fingerprint density at radius 3 is 2.62 bits per heavy atom. The number of anilines is 1. The second kappa shape index (κ2) is 6.51. The fourth-order valence-corrected chi connectivity index (χ4v) is 1.39. The lowest BCUT2D eigenvalue weighted by Crippen LogP contribution is -2.41. The van der Waals surface area contributed by atoms with E-state index in [0.717, 1.165) is 11.3 Å². The molecule has 0 aliphatic carbocycles. The van der Waals surface area contributed by atoms with Crippen molar-refractivity contribution in [3.63, 3.8) is 0 Å². The van der Waals surface area contributed by atoms with Gasteiger partial charge in [-0.2, -0.15) is 0 Å². The number of amides is 1. The van der Waals surface area contributed by atoms with Gasteiger partial charge in [0.05, 0.1) is 6.04 Å². The van der Waals surface area contributed by atoms with E-state index in [9.17, 15) is 4.79 Å². The predicted molar refractivity (Wildman–Crippen MR) is 70.1 cm³/mol. The Morgan fingerprint density at radius 1 is 1.50 bits per heavy atom. The number of carbonyl (C=O) groups is 1. The lowest BCUT2D eigenvalue weighted by molar-refractivity contribution is -0.119. The topological polar surface area (TPSA) is 46.3 Å². The first-order valence-corrected chi connectivity index (χ1v) is 5.16. The molecule has 90 valence electrons. The lowest BCUT2D eigenvalue weighted by Gasteiger charge is -2.20. The SMILES string of the molecule is CC[C@H](N)C(=O)N(C)c1cccc(C)c1.Cl. The van der Waals surface area contributed by atoms with Crippen molar-refractivity contribution in [2.45, 2.75) is 26.3 Å². The number of aryl methyl sites for hydroxylation is 1. The van der Waals surface area contributed by atoms with Crippen LogP contribution < -0.4 is 10.6 Å². The van der Waals surface area contributed by atoms with Crippen LogP contribution in [0.5, 0.6) is 0 Å². The number of rotatable bonds is 3. The van der Waals surface area contributed by atoms with Gasteiger partial charge in [-0.3, -0.25) is 4.79 Å². The first-order valence-electron chi connectivity index (χ1n) is 5.16. The first kappa shape index (κ1) is 14.9. The zero-order chi connectivity index (χ0) is 11.4. The zero-order valence-electron chi connectivity index (χ0n) is 9.93.